The molecular formula is C42H52F2N12O5. The smallest absolute Gasteiger partial charge is 0.329 e. The highest BCUT2D eigenvalue weighted by atomic mass is 19.3. The molecule has 19 heteroatoms. The van der Waals surface area contributed by atoms with Crippen molar-refractivity contribution in [3.63, 3.8) is 0 Å². The Labute approximate surface area is 351 Å². The van der Waals surface area contributed by atoms with E-state index in [9.17, 15) is 28.0 Å². The van der Waals surface area contributed by atoms with E-state index in [1.165, 1.54) is 21.5 Å². The highest BCUT2D eigenvalue weighted by molar-refractivity contribution is 6.19. The van der Waals surface area contributed by atoms with E-state index < -0.39 is 30.0 Å². The number of nitrogens with two attached hydrogens (primary N) is 2. The summed E-state index contributed by atoms with van der Waals surface area (Å²) in [7, 11) is 1.67. The molecule has 1 saturated carbocycles. The van der Waals surface area contributed by atoms with E-state index in [1.54, 1.807) is 19.2 Å². The van der Waals surface area contributed by atoms with E-state index >= 15 is 0 Å². The second kappa shape index (κ2) is 19.6. The molecule has 3 saturated heterocycles. The molecule has 7 rings (SSSR count). The number of carbonyl (C=O) groups is 3. The van der Waals surface area contributed by atoms with Crippen LogP contribution in [0.25, 0.3) is 16.6 Å². The normalized spacial score (nSPS) is 22.6. The van der Waals surface area contributed by atoms with Gasteiger partial charge in [-0.05, 0) is 56.2 Å². The number of aliphatic imine (C=N–C) groups is 1. The number of hydrogen-bond donors (Lipinski definition) is 4. The van der Waals surface area contributed by atoms with Crippen LogP contribution >= 0.6 is 0 Å². The molecule has 1 aliphatic carbocycles. The van der Waals surface area contributed by atoms with Crippen LogP contribution in [0.1, 0.15) is 56.0 Å². The van der Waals surface area contributed by atoms with Crippen molar-refractivity contribution in [2.45, 2.75) is 57.0 Å². The molecule has 5 heterocycles. The first-order valence-corrected chi connectivity index (χ1v) is 20.7. The van der Waals surface area contributed by atoms with Crippen molar-refractivity contribution >= 4 is 46.4 Å². The third kappa shape index (κ3) is 10.2. The first-order chi connectivity index (χ1) is 29.5. The van der Waals surface area contributed by atoms with Gasteiger partial charge in [-0.1, -0.05) is 17.9 Å². The number of ether oxygens (including phenoxy) is 1. The molecule has 0 bridgehead atoms. The van der Waals surface area contributed by atoms with E-state index in [-0.39, 0.29) is 47.6 Å². The molecule has 17 nitrogen and oxygen atoms in total. The van der Waals surface area contributed by atoms with Crippen molar-refractivity contribution in [2.24, 2.45) is 29.4 Å². The SMILES string of the molecule is Cn1c(=O)n(C2CCC(=O)NC2=O)c2cccc(C#CCN3CCN(CC4CCC(N=C/C(NC(=O)/C(=C/N)c5nccc(N6CCOCC6)n5)=C(\N)C(F)F)CC4)CC3)c21. The van der Waals surface area contributed by atoms with Crippen molar-refractivity contribution in [2.75, 3.05) is 70.5 Å². The number of hydrogen-bond acceptors (Lipinski definition) is 13. The van der Waals surface area contributed by atoms with Gasteiger partial charge >= 0.3 is 5.69 Å². The van der Waals surface area contributed by atoms with Gasteiger partial charge in [0, 0.05) is 77.9 Å². The van der Waals surface area contributed by atoms with E-state index in [1.807, 2.05) is 17.0 Å². The molecule has 1 unspecified atom stereocenters. The largest absolute Gasteiger partial charge is 0.404 e. The van der Waals surface area contributed by atoms with E-state index in [0.717, 1.165) is 64.6 Å². The number of anilines is 1. The van der Waals surface area contributed by atoms with Crippen LogP contribution in [-0.4, -0.2) is 131 Å². The number of piperidine rings is 1. The molecule has 4 fully saturated rings. The topological polar surface area (TPSA) is 211 Å². The standard InChI is InChI=1S/C42H52F2N12O5/c1-52-37-28(4-2-6-32(37)56(42(52)60)33-11-12-35(57)51-41(33)59)5-3-15-53-16-18-54(19-17-53)26-27-7-9-29(10-8-27)48-25-31(36(46)38(43)44)49-40(58)30(24-45)39-47-14-13-34(50-39)55-20-22-61-23-21-55/h2,4,6,13-14,24-25,27,29,33,38H,7-12,15-23,26,45-46H2,1H3,(H,49,58)(H,51,57,59)/b30-24+,36-31+,48-25?. The summed E-state index contributed by atoms with van der Waals surface area (Å²) in [4.78, 5) is 70.9. The summed E-state index contributed by atoms with van der Waals surface area (Å²) >= 11 is 0. The lowest BCUT2D eigenvalue weighted by Crippen LogP contribution is -2.48. The number of nitrogens with one attached hydrogen (secondary N) is 2. The lowest BCUT2D eigenvalue weighted by atomic mass is 9.86. The van der Waals surface area contributed by atoms with Crippen LogP contribution in [0, 0.1) is 17.8 Å². The number of alkyl halides is 2. The lowest BCUT2D eigenvalue weighted by Gasteiger charge is -2.37. The summed E-state index contributed by atoms with van der Waals surface area (Å²) < 4.78 is 36.0. The minimum Gasteiger partial charge on any atom is -0.404 e. The summed E-state index contributed by atoms with van der Waals surface area (Å²) in [6.45, 7) is 7.39. The molecular weight excluding hydrogens is 791 g/mol. The van der Waals surface area contributed by atoms with Crippen LogP contribution in [0.5, 0.6) is 0 Å². The second-order valence-corrected chi connectivity index (χ2v) is 15.7. The first-order valence-electron chi connectivity index (χ1n) is 20.7. The van der Waals surface area contributed by atoms with E-state index in [2.05, 4.69) is 47.2 Å². The van der Waals surface area contributed by atoms with Gasteiger partial charge in [0.05, 0.1) is 53.7 Å². The zero-order valence-electron chi connectivity index (χ0n) is 34.2. The number of imidazole rings is 1. The number of allylic oxidation sites excluding steroid dienone is 2. The van der Waals surface area contributed by atoms with E-state index in [0.29, 0.717) is 61.2 Å². The number of para-hydroxylation sites is 1. The first kappa shape index (κ1) is 43.1. The Hall–Kier alpha value is -5.97. The molecule has 6 N–H and O–H groups in total. The Balaban J connectivity index is 0.883. The highest BCUT2D eigenvalue weighted by Crippen LogP contribution is 2.28. The zero-order chi connectivity index (χ0) is 43.0. The van der Waals surface area contributed by atoms with Gasteiger partial charge in [-0.2, -0.15) is 0 Å². The average Bonchev–Trinajstić information content (AvgIpc) is 3.52. The molecule has 1 atom stereocenters. The maximum Gasteiger partial charge on any atom is 0.329 e. The summed E-state index contributed by atoms with van der Waals surface area (Å²) in [5.41, 5.74) is 12.0. The number of imide groups is 1. The Morgan fingerprint density at radius 1 is 1.05 bits per heavy atom. The number of morpholine rings is 1. The monoisotopic (exact) mass is 842 g/mol. The fourth-order valence-corrected chi connectivity index (χ4v) is 8.35. The highest BCUT2D eigenvalue weighted by Gasteiger charge is 2.32. The average molecular weight is 843 g/mol. The second-order valence-electron chi connectivity index (χ2n) is 15.7. The summed E-state index contributed by atoms with van der Waals surface area (Å²) in [5, 5.41) is 4.81. The minimum atomic E-state index is -3.02. The predicted molar refractivity (Wildman–Crippen MR) is 225 cm³/mol. The van der Waals surface area contributed by atoms with Gasteiger partial charge < -0.3 is 31.3 Å². The number of carbonyl (C=O) groups excluding carboxylic acids is 3. The summed E-state index contributed by atoms with van der Waals surface area (Å²) in [6.07, 6.45) is 4.61. The molecule has 0 radical (unpaired) electrons. The summed E-state index contributed by atoms with van der Waals surface area (Å²) in [5.74, 6) is 6.06. The van der Waals surface area contributed by atoms with Crippen LogP contribution in [0.4, 0.5) is 14.6 Å². The number of fused-ring (bicyclic) bond motifs is 1. The number of halogens is 2. The van der Waals surface area contributed by atoms with E-state index in [4.69, 9.17) is 16.2 Å². The Morgan fingerprint density at radius 2 is 1.79 bits per heavy atom. The number of benzene rings is 1. The lowest BCUT2D eigenvalue weighted by molar-refractivity contribution is -0.135. The zero-order valence-corrected chi connectivity index (χ0v) is 34.2. The number of piperazine rings is 1. The third-order valence-corrected chi connectivity index (χ3v) is 11.8. The molecule has 3 aliphatic heterocycles. The quantitative estimate of drug-likeness (QED) is 0.0926. The van der Waals surface area contributed by atoms with Gasteiger partial charge in [0.25, 0.3) is 12.3 Å². The van der Waals surface area contributed by atoms with Gasteiger partial charge in [-0.25, -0.2) is 23.5 Å². The van der Waals surface area contributed by atoms with Crippen LogP contribution in [0.2, 0.25) is 0 Å². The van der Waals surface area contributed by atoms with Crippen LogP contribution in [-0.2, 0) is 26.2 Å². The maximum atomic E-state index is 13.8. The van der Waals surface area contributed by atoms with Crippen LogP contribution in [0.3, 0.4) is 0 Å². The number of aryl methyl sites for hydroxylation is 1. The van der Waals surface area contributed by atoms with Crippen molar-refractivity contribution in [1.82, 2.24) is 39.5 Å². The number of rotatable bonds is 11. The molecule has 2 aromatic heterocycles. The maximum absolute atomic E-state index is 13.8. The minimum absolute atomic E-state index is 0.0470. The van der Waals surface area contributed by atoms with Gasteiger partial charge in [-0.3, -0.25) is 38.7 Å². The fraction of sp³-hybridized carbons (Fsp3) is 0.500. The molecule has 3 amide bonds. The van der Waals surface area contributed by atoms with Crippen molar-refractivity contribution in [3.05, 3.63) is 69.9 Å². The van der Waals surface area contributed by atoms with Gasteiger partial charge in [0.1, 0.15) is 17.6 Å². The Bertz CT molecular complexity index is 2320. The number of amides is 3. The van der Waals surface area contributed by atoms with Crippen molar-refractivity contribution in [3.8, 4) is 11.8 Å². The molecule has 4 aliphatic rings. The summed E-state index contributed by atoms with van der Waals surface area (Å²) in [6, 6.07) is 6.35. The van der Waals surface area contributed by atoms with Gasteiger partial charge in [0.15, 0.2) is 5.82 Å². The molecule has 3 aromatic rings. The third-order valence-electron chi connectivity index (χ3n) is 11.8. The Kier molecular flexibility index (Phi) is 13.9. The van der Waals surface area contributed by atoms with Crippen molar-refractivity contribution in [1.29, 1.82) is 0 Å². The van der Waals surface area contributed by atoms with Gasteiger partial charge in [-0.15, -0.1) is 0 Å². The molecule has 324 valence electrons. The molecule has 61 heavy (non-hydrogen) atoms. The van der Waals surface area contributed by atoms with Crippen LogP contribution < -0.4 is 32.7 Å². The fourth-order valence-electron chi connectivity index (χ4n) is 8.35. The van der Waals surface area contributed by atoms with Crippen molar-refractivity contribution < 1.29 is 27.9 Å². The predicted octanol–water partition coefficient (Wildman–Crippen LogP) is 1.09. The number of aromatic nitrogens is 4. The Morgan fingerprint density at radius 3 is 2.49 bits per heavy atom. The van der Waals surface area contributed by atoms with Crippen LogP contribution in [0.15, 0.2) is 57.8 Å². The number of nitrogens with zero attached hydrogens (tertiary/aromatic N) is 8. The molecule has 1 aromatic carbocycles. The van der Waals surface area contributed by atoms with Gasteiger partial charge in [0.2, 0.25) is 11.8 Å². The molecule has 0 spiro atoms.